The fourth-order valence-corrected chi connectivity index (χ4v) is 2.50. The lowest BCUT2D eigenvalue weighted by molar-refractivity contribution is 0.307. The maximum atomic E-state index is 9.40. The van der Waals surface area contributed by atoms with E-state index in [2.05, 4.69) is 0 Å². The molecule has 1 aliphatic rings. The minimum atomic E-state index is 0. The molecule has 16 heavy (non-hydrogen) atoms. The Balaban J connectivity index is 0.00000128. The predicted octanol–water partition coefficient (Wildman–Crippen LogP) is 3.39. The van der Waals surface area contributed by atoms with Crippen LogP contribution in [0.5, 0.6) is 5.75 Å². The van der Waals surface area contributed by atoms with Crippen LogP contribution < -0.4 is 5.73 Å². The van der Waals surface area contributed by atoms with Crippen LogP contribution in [0.3, 0.4) is 0 Å². The summed E-state index contributed by atoms with van der Waals surface area (Å²) in [6, 6.07) is 7.46. The van der Waals surface area contributed by atoms with Crippen LogP contribution in [0.1, 0.15) is 43.7 Å². The normalized spacial score (nSPS) is 18.8. The van der Waals surface area contributed by atoms with Crippen molar-refractivity contribution in [3.05, 3.63) is 29.8 Å². The molecule has 90 valence electrons. The van der Waals surface area contributed by atoms with E-state index in [1.807, 2.05) is 12.1 Å². The molecule has 0 spiro atoms. The molecule has 3 N–H and O–H groups in total. The van der Waals surface area contributed by atoms with E-state index in [0.29, 0.717) is 11.7 Å². The van der Waals surface area contributed by atoms with Crippen LogP contribution in [-0.2, 0) is 0 Å². The first kappa shape index (κ1) is 13.3. The van der Waals surface area contributed by atoms with Gasteiger partial charge in [0.2, 0.25) is 0 Å². The molecule has 2 nitrogen and oxygen atoms in total. The summed E-state index contributed by atoms with van der Waals surface area (Å²) in [5.41, 5.74) is 7.30. The van der Waals surface area contributed by atoms with Gasteiger partial charge >= 0.3 is 0 Å². The lowest BCUT2D eigenvalue weighted by atomic mass is 9.81. The van der Waals surface area contributed by atoms with Gasteiger partial charge in [-0.15, -0.1) is 12.4 Å². The minimum Gasteiger partial charge on any atom is -0.508 e. The summed E-state index contributed by atoms with van der Waals surface area (Å²) in [6.45, 7) is 0. The molecule has 1 aliphatic carbocycles. The molecule has 3 heteroatoms. The quantitative estimate of drug-likeness (QED) is 0.834. The molecule has 0 heterocycles. The van der Waals surface area contributed by atoms with Gasteiger partial charge in [0.15, 0.2) is 0 Å². The van der Waals surface area contributed by atoms with E-state index in [1.165, 1.54) is 32.1 Å². The third-order valence-corrected chi connectivity index (χ3v) is 3.41. The molecule has 0 radical (unpaired) electrons. The first-order valence-corrected chi connectivity index (χ1v) is 5.82. The van der Waals surface area contributed by atoms with Crippen molar-refractivity contribution in [2.45, 2.75) is 38.1 Å². The van der Waals surface area contributed by atoms with Gasteiger partial charge in [0.1, 0.15) is 5.75 Å². The van der Waals surface area contributed by atoms with Gasteiger partial charge in [-0.1, -0.05) is 31.4 Å². The van der Waals surface area contributed by atoms with Gasteiger partial charge < -0.3 is 10.8 Å². The van der Waals surface area contributed by atoms with Crippen molar-refractivity contribution in [3.63, 3.8) is 0 Å². The molecule has 2 rings (SSSR count). The Kier molecular flexibility index (Phi) is 5.10. The van der Waals surface area contributed by atoms with Crippen LogP contribution in [0.15, 0.2) is 24.3 Å². The topological polar surface area (TPSA) is 46.2 Å². The van der Waals surface area contributed by atoms with E-state index in [4.69, 9.17) is 5.73 Å². The van der Waals surface area contributed by atoms with Crippen LogP contribution in [0.25, 0.3) is 0 Å². The molecule has 1 atom stereocenters. The predicted molar refractivity (Wildman–Crippen MR) is 68.9 cm³/mol. The lowest BCUT2D eigenvalue weighted by Crippen LogP contribution is -2.23. The molecule has 0 bridgehead atoms. The molecule has 0 unspecified atom stereocenters. The Labute approximate surface area is 103 Å². The highest BCUT2D eigenvalue weighted by Crippen LogP contribution is 2.33. The molecule has 0 amide bonds. The Morgan fingerprint density at radius 2 is 1.88 bits per heavy atom. The second kappa shape index (κ2) is 6.12. The van der Waals surface area contributed by atoms with Crippen LogP contribution in [-0.4, -0.2) is 5.11 Å². The summed E-state index contributed by atoms with van der Waals surface area (Å²) in [4.78, 5) is 0. The molecule has 0 aliphatic heterocycles. The minimum absolute atomic E-state index is 0. The summed E-state index contributed by atoms with van der Waals surface area (Å²) in [7, 11) is 0. The summed E-state index contributed by atoms with van der Waals surface area (Å²) >= 11 is 0. The number of benzene rings is 1. The number of halogens is 1. The van der Waals surface area contributed by atoms with Crippen LogP contribution in [0.4, 0.5) is 0 Å². The molecule has 1 fully saturated rings. The van der Waals surface area contributed by atoms with E-state index in [9.17, 15) is 5.11 Å². The molecular weight excluding hydrogens is 222 g/mol. The van der Waals surface area contributed by atoms with E-state index >= 15 is 0 Å². The van der Waals surface area contributed by atoms with Crippen molar-refractivity contribution in [1.29, 1.82) is 0 Å². The number of aromatic hydroxyl groups is 1. The van der Waals surface area contributed by atoms with Gasteiger partial charge in [-0.05, 0) is 36.5 Å². The van der Waals surface area contributed by atoms with Gasteiger partial charge in [-0.2, -0.15) is 0 Å². The number of phenolic OH excluding ortho intramolecular Hbond substituents is 1. The highest BCUT2D eigenvalue weighted by Gasteiger charge is 2.21. The second-order valence-corrected chi connectivity index (χ2v) is 4.52. The molecule has 1 aromatic rings. The summed E-state index contributed by atoms with van der Waals surface area (Å²) < 4.78 is 0. The van der Waals surface area contributed by atoms with Crippen molar-refractivity contribution in [2.75, 3.05) is 0 Å². The molecule has 1 aromatic carbocycles. The Morgan fingerprint density at radius 3 is 2.50 bits per heavy atom. The Bertz CT molecular complexity index is 323. The fraction of sp³-hybridized carbons (Fsp3) is 0.538. The average molecular weight is 242 g/mol. The van der Waals surface area contributed by atoms with Gasteiger partial charge in [0.05, 0.1) is 0 Å². The summed E-state index contributed by atoms with van der Waals surface area (Å²) in [6.07, 6.45) is 6.42. The Morgan fingerprint density at radius 1 is 1.19 bits per heavy atom. The zero-order valence-corrected chi connectivity index (χ0v) is 10.2. The zero-order valence-electron chi connectivity index (χ0n) is 9.43. The molecule has 0 saturated heterocycles. The number of rotatable bonds is 2. The highest BCUT2D eigenvalue weighted by molar-refractivity contribution is 5.85. The van der Waals surface area contributed by atoms with Crippen molar-refractivity contribution < 1.29 is 5.11 Å². The maximum Gasteiger partial charge on any atom is 0.115 e. The van der Waals surface area contributed by atoms with Gasteiger partial charge in [-0.25, -0.2) is 0 Å². The third-order valence-electron chi connectivity index (χ3n) is 3.41. The monoisotopic (exact) mass is 241 g/mol. The first-order chi connectivity index (χ1) is 7.27. The third kappa shape index (κ3) is 3.13. The van der Waals surface area contributed by atoms with Gasteiger partial charge in [0, 0.05) is 6.04 Å². The van der Waals surface area contributed by atoms with Crippen LogP contribution >= 0.6 is 12.4 Å². The second-order valence-electron chi connectivity index (χ2n) is 4.52. The van der Waals surface area contributed by atoms with Crippen molar-refractivity contribution in [2.24, 2.45) is 11.7 Å². The average Bonchev–Trinajstić information content (AvgIpc) is 2.29. The van der Waals surface area contributed by atoms with Crippen molar-refractivity contribution in [3.8, 4) is 5.75 Å². The number of hydrogen-bond donors (Lipinski definition) is 2. The SMILES string of the molecule is Cl.N[C@@H](c1cccc(O)c1)C1CCCCC1. The van der Waals surface area contributed by atoms with E-state index < -0.39 is 0 Å². The van der Waals surface area contributed by atoms with Crippen molar-refractivity contribution in [1.82, 2.24) is 0 Å². The zero-order chi connectivity index (χ0) is 10.7. The van der Waals surface area contributed by atoms with Gasteiger partial charge in [0.25, 0.3) is 0 Å². The molecule has 1 saturated carbocycles. The first-order valence-electron chi connectivity index (χ1n) is 5.82. The van der Waals surface area contributed by atoms with Crippen LogP contribution in [0.2, 0.25) is 0 Å². The standard InChI is InChI=1S/C13H19NO.ClH/c14-13(10-5-2-1-3-6-10)11-7-4-8-12(15)9-11;/h4,7-10,13,15H,1-3,5-6,14H2;1H/t13-;/m1./s1. The smallest absolute Gasteiger partial charge is 0.115 e. The number of hydrogen-bond acceptors (Lipinski definition) is 2. The van der Waals surface area contributed by atoms with Gasteiger partial charge in [-0.3, -0.25) is 0 Å². The number of phenols is 1. The number of nitrogens with two attached hydrogens (primary N) is 1. The van der Waals surface area contributed by atoms with E-state index in [-0.39, 0.29) is 18.4 Å². The lowest BCUT2D eigenvalue weighted by Gasteiger charge is -2.27. The Hall–Kier alpha value is -0.730. The largest absolute Gasteiger partial charge is 0.508 e. The highest BCUT2D eigenvalue weighted by atomic mass is 35.5. The van der Waals surface area contributed by atoms with E-state index in [0.717, 1.165) is 5.56 Å². The van der Waals surface area contributed by atoms with Crippen molar-refractivity contribution >= 4 is 12.4 Å². The maximum absolute atomic E-state index is 9.40. The molecule has 0 aromatic heterocycles. The molecular formula is C13H20ClNO. The fourth-order valence-electron chi connectivity index (χ4n) is 2.50. The summed E-state index contributed by atoms with van der Waals surface area (Å²) in [5, 5.41) is 9.40. The van der Waals surface area contributed by atoms with Crippen LogP contribution in [0, 0.1) is 5.92 Å². The van der Waals surface area contributed by atoms with E-state index in [1.54, 1.807) is 12.1 Å². The summed E-state index contributed by atoms with van der Waals surface area (Å²) in [5.74, 6) is 0.916.